The number of nitrogens with two attached hydrogens (primary N) is 1. The van der Waals surface area contributed by atoms with Crippen molar-refractivity contribution < 1.29 is 9.21 Å². The Morgan fingerprint density at radius 1 is 1.35 bits per heavy atom. The van der Waals surface area contributed by atoms with Crippen molar-refractivity contribution in [1.29, 1.82) is 0 Å². The van der Waals surface area contributed by atoms with Gasteiger partial charge in [-0.2, -0.15) is 0 Å². The summed E-state index contributed by atoms with van der Waals surface area (Å²) >= 11 is 0. The Labute approximate surface area is 118 Å². The van der Waals surface area contributed by atoms with Crippen molar-refractivity contribution in [2.75, 3.05) is 0 Å². The number of amides is 1. The number of hydrogen-bond donors (Lipinski definition) is 2. The number of carbonyl (C=O) groups is 1. The lowest BCUT2D eigenvalue weighted by molar-refractivity contribution is 0.0904. The quantitative estimate of drug-likeness (QED) is 0.879. The molecular weight excluding hydrogens is 252 g/mol. The summed E-state index contributed by atoms with van der Waals surface area (Å²) in [4.78, 5) is 12.2. The SMILES string of the molecule is Cc1cc(C(=O)N[C@@H]2Cc3ccccc3[C@H]2N)oc1C. The van der Waals surface area contributed by atoms with Gasteiger partial charge in [-0.15, -0.1) is 0 Å². The van der Waals surface area contributed by atoms with Crippen LogP contribution < -0.4 is 11.1 Å². The third-order valence-electron chi connectivity index (χ3n) is 3.99. The van der Waals surface area contributed by atoms with E-state index in [2.05, 4.69) is 11.4 Å². The van der Waals surface area contributed by atoms with Gasteiger partial charge in [-0.25, -0.2) is 0 Å². The van der Waals surface area contributed by atoms with Gasteiger partial charge in [0, 0.05) is 0 Å². The van der Waals surface area contributed by atoms with Crippen LogP contribution in [0.25, 0.3) is 0 Å². The van der Waals surface area contributed by atoms with Crippen LogP contribution in [0.15, 0.2) is 34.7 Å². The zero-order valence-electron chi connectivity index (χ0n) is 11.6. The van der Waals surface area contributed by atoms with Gasteiger partial charge in [0.15, 0.2) is 5.76 Å². The van der Waals surface area contributed by atoms with E-state index < -0.39 is 0 Å². The van der Waals surface area contributed by atoms with Crippen molar-refractivity contribution in [3.05, 3.63) is 58.5 Å². The van der Waals surface area contributed by atoms with E-state index in [0.29, 0.717) is 5.76 Å². The van der Waals surface area contributed by atoms with E-state index in [1.807, 2.05) is 32.0 Å². The monoisotopic (exact) mass is 270 g/mol. The van der Waals surface area contributed by atoms with Crippen molar-refractivity contribution in [1.82, 2.24) is 5.32 Å². The normalized spacial score (nSPS) is 20.8. The van der Waals surface area contributed by atoms with Crippen LogP contribution in [0.5, 0.6) is 0 Å². The molecule has 1 aromatic carbocycles. The van der Waals surface area contributed by atoms with Gasteiger partial charge in [0.2, 0.25) is 0 Å². The molecule has 1 aliphatic rings. The second kappa shape index (κ2) is 4.80. The van der Waals surface area contributed by atoms with Gasteiger partial charge in [-0.1, -0.05) is 24.3 Å². The molecule has 3 rings (SSSR count). The molecule has 4 nitrogen and oxygen atoms in total. The van der Waals surface area contributed by atoms with Crippen molar-refractivity contribution >= 4 is 5.91 Å². The number of carbonyl (C=O) groups excluding carboxylic acids is 1. The molecule has 4 heteroatoms. The van der Waals surface area contributed by atoms with E-state index in [0.717, 1.165) is 23.3 Å². The molecule has 0 aliphatic heterocycles. The lowest BCUT2D eigenvalue weighted by Gasteiger charge is -2.17. The maximum atomic E-state index is 12.2. The number of aryl methyl sites for hydroxylation is 2. The van der Waals surface area contributed by atoms with Gasteiger partial charge < -0.3 is 15.5 Å². The van der Waals surface area contributed by atoms with Crippen LogP contribution in [0.1, 0.15) is 39.0 Å². The summed E-state index contributed by atoms with van der Waals surface area (Å²) in [6, 6.07) is 9.57. The zero-order valence-corrected chi connectivity index (χ0v) is 11.6. The third kappa shape index (κ3) is 2.12. The van der Waals surface area contributed by atoms with Gasteiger partial charge in [0.25, 0.3) is 5.91 Å². The fourth-order valence-corrected chi connectivity index (χ4v) is 2.69. The second-order valence-corrected chi connectivity index (χ2v) is 5.36. The summed E-state index contributed by atoms with van der Waals surface area (Å²) in [6.07, 6.45) is 0.766. The maximum absolute atomic E-state index is 12.2. The molecule has 0 fully saturated rings. The predicted octanol–water partition coefficient (Wildman–Crippen LogP) is 2.25. The topological polar surface area (TPSA) is 68.3 Å². The molecule has 0 bridgehead atoms. The highest BCUT2D eigenvalue weighted by atomic mass is 16.3. The van der Waals surface area contributed by atoms with Crippen molar-refractivity contribution in [3.63, 3.8) is 0 Å². The summed E-state index contributed by atoms with van der Waals surface area (Å²) in [5.41, 5.74) is 9.51. The third-order valence-corrected chi connectivity index (χ3v) is 3.99. The zero-order chi connectivity index (χ0) is 14.3. The molecule has 1 aromatic heterocycles. The molecule has 0 unspecified atom stereocenters. The summed E-state index contributed by atoms with van der Waals surface area (Å²) in [5, 5.41) is 2.97. The maximum Gasteiger partial charge on any atom is 0.287 e. The van der Waals surface area contributed by atoms with E-state index in [-0.39, 0.29) is 18.0 Å². The first-order valence-corrected chi connectivity index (χ1v) is 6.77. The van der Waals surface area contributed by atoms with Gasteiger partial charge >= 0.3 is 0 Å². The van der Waals surface area contributed by atoms with E-state index in [1.165, 1.54) is 5.56 Å². The van der Waals surface area contributed by atoms with Crippen molar-refractivity contribution in [2.24, 2.45) is 5.73 Å². The highest BCUT2D eigenvalue weighted by Crippen LogP contribution is 2.29. The number of benzene rings is 1. The number of nitrogens with one attached hydrogen (secondary N) is 1. The Morgan fingerprint density at radius 3 is 2.75 bits per heavy atom. The average molecular weight is 270 g/mol. The molecule has 20 heavy (non-hydrogen) atoms. The van der Waals surface area contributed by atoms with Crippen LogP contribution in [-0.4, -0.2) is 11.9 Å². The van der Waals surface area contributed by atoms with Gasteiger partial charge in [0.1, 0.15) is 5.76 Å². The summed E-state index contributed by atoms with van der Waals surface area (Å²) in [7, 11) is 0. The minimum Gasteiger partial charge on any atom is -0.456 e. The molecule has 0 radical (unpaired) electrons. The Bertz CT molecular complexity index is 641. The number of rotatable bonds is 2. The highest BCUT2D eigenvalue weighted by Gasteiger charge is 2.31. The summed E-state index contributed by atoms with van der Waals surface area (Å²) < 4.78 is 5.45. The van der Waals surface area contributed by atoms with Crippen LogP contribution in [0.4, 0.5) is 0 Å². The fourth-order valence-electron chi connectivity index (χ4n) is 2.69. The lowest BCUT2D eigenvalue weighted by atomic mass is 10.1. The molecule has 3 N–H and O–H groups in total. The van der Waals surface area contributed by atoms with Crippen LogP contribution in [0.3, 0.4) is 0 Å². The molecule has 2 aromatic rings. The molecule has 2 atom stereocenters. The fraction of sp³-hybridized carbons (Fsp3) is 0.312. The van der Waals surface area contributed by atoms with Gasteiger partial charge in [-0.05, 0) is 43.0 Å². The molecule has 0 saturated carbocycles. The molecule has 1 aliphatic carbocycles. The van der Waals surface area contributed by atoms with Crippen molar-refractivity contribution in [2.45, 2.75) is 32.4 Å². The molecule has 0 saturated heterocycles. The van der Waals surface area contributed by atoms with E-state index >= 15 is 0 Å². The first-order chi connectivity index (χ1) is 9.56. The van der Waals surface area contributed by atoms with E-state index in [1.54, 1.807) is 6.07 Å². The second-order valence-electron chi connectivity index (χ2n) is 5.36. The van der Waals surface area contributed by atoms with Crippen molar-refractivity contribution in [3.8, 4) is 0 Å². The standard InChI is InChI=1S/C16H18N2O2/c1-9-7-14(20-10(9)2)16(19)18-13-8-11-5-3-4-6-12(11)15(13)17/h3-7,13,15H,8,17H2,1-2H3,(H,18,19)/t13-,15-/m1/s1. The van der Waals surface area contributed by atoms with Crippen LogP contribution in [-0.2, 0) is 6.42 Å². The van der Waals surface area contributed by atoms with Crippen LogP contribution >= 0.6 is 0 Å². The molecule has 1 heterocycles. The van der Waals surface area contributed by atoms with E-state index in [4.69, 9.17) is 10.2 Å². The molecule has 0 spiro atoms. The average Bonchev–Trinajstić information content (AvgIpc) is 2.92. The number of furan rings is 1. The Hall–Kier alpha value is -2.07. The molecule has 104 valence electrons. The largest absolute Gasteiger partial charge is 0.456 e. The Kier molecular flexibility index (Phi) is 3.10. The summed E-state index contributed by atoms with van der Waals surface area (Å²) in [5.74, 6) is 0.923. The lowest BCUT2D eigenvalue weighted by Crippen LogP contribution is -2.40. The minimum absolute atomic E-state index is 0.0781. The highest BCUT2D eigenvalue weighted by molar-refractivity contribution is 5.92. The smallest absolute Gasteiger partial charge is 0.287 e. The first kappa shape index (κ1) is 12.9. The van der Waals surface area contributed by atoms with E-state index in [9.17, 15) is 4.79 Å². The Balaban J connectivity index is 1.75. The number of hydrogen-bond acceptors (Lipinski definition) is 3. The summed E-state index contributed by atoms with van der Waals surface area (Å²) in [6.45, 7) is 3.77. The first-order valence-electron chi connectivity index (χ1n) is 6.77. The van der Waals surface area contributed by atoms with Gasteiger partial charge in [0.05, 0.1) is 12.1 Å². The predicted molar refractivity (Wildman–Crippen MR) is 76.5 cm³/mol. The molecular formula is C16H18N2O2. The number of fused-ring (bicyclic) bond motifs is 1. The Morgan fingerprint density at radius 2 is 2.10 bits per heavy atom. The molecule has 1 amide bonds. The van der Waals surface area contributed by atoms with Gasteiger partial charge in [-0.3, -0.25) is 4.79 Å². The van der Waals surface area contributed by atoms with Crippen LogP contribution in [0, 0.1) is 13.8 Å². The minimum atomic E-state index is -0.200. The van der Waals surface area contributed by atoms with Crippen LogP contribution in [0.2, 0.25) is 0 Å².